The van der Waals surface area contributed by atoms with E-state index >= 15 is 0 Å². The Morgan fingerprint density at radius 3 is 1.93 bits per heavy atom. The van der Waals surface area contributed by atoms with Crippen molar-refractivity contribution in [2.75, 3.05) is 39.3 Å². The molecule has 0 saturated carbocycles. The van der Waals surface area contributed by atoms with Gasteiger partial charge in [-0.05, 0) is 31.7 Å². The molecule has 5 nitrogen and oxygen atoms in total. The molecule has 1 aliphatic heterocycles. The Bertz CT molecular complexity index is 494. The van der Waals surface area contributed by atoms with Crippen LogP contribution in [0.2, 0.25) is 0 Å². The first-order valence-corrected chi connectivity index (χ1v) is 11.8. The molecule has 0 unspecified atom stereocenters. The molecule has 168 valence electrons. The third kappa shape index (κ3) is 13.0. The minimum Gasteiger partial charge on any atom is -0.301 e. The number of hydrogen-bond acceptors (Lipinski definition) is 5. The Morgan fingerprint density at radius 2 is 1.31 bits per heavy atom. The van der Waals surface area contributed by atoms with Crippen LogP contribution in [0.1, 0.15) is 85.5 Å². The van der Waals surface area contributed by atoms with Gasteiger partial charge in [0.25, 0.3) is 0 Å². The summed E-state index contributed by atoms with van der Waals surface area (Å²) in [7, 11) is 0. The predicted octanol–water partition coefficient (Wildman–Crippen LogP) is 4.13. The number of piperazine rings is 1. The van der Waals surface area contributed by atoms with E-state index in [1.54, 1.807) is 0 Å². The fourth-order valence-electron chi connectivity index (χ4n) is 3.69. The molecule has 0 amide bonds. The fourth-order valence-corrected chi connectivity index (χ4v) is 3.69. The van der Waals surface area contributed by atoms with Gasteiger partial charge in [0.15, 0.2) is 5.78 Å². The van der Waals surface area contributed by atoms with Crippen LogP contribution in [0.25, 0.3) is 0 Å². The van der Waals surface area contributed by atoms with Gasteiger partial charge in [0.2, 0.25) is 0 Å². The third-order valence-corrected chi connectivity index (χ3v) is 5.80. The maximum Gasteiger partial charge on any atom is 0.154 e. The van der Waals surface area contributed by atoms with E-state index in [4.69, 9.17) is 0 Å². The summed E-state index contributed by atoms with van der Waals surface area (Å²) >= 11 is 0. The molecular formula is C24H44N2O3. The number of carbonyl (C=O) groups is 3. The summed E-state index contributed by atoms with van der Waals surface area (Å²) < 4.78 is 0. The molecule has 1 fully saturated rings. The van der Waals surface area contributed by atoms with Gasteiger partial charge in [0, 0.05) is 44.9 Å². The van der Waals surface area contributed by atoms with Gasteiger partial charge < -0.3 is 4.90 Å². The molecule has 1 saturated heterocycles. The van der Waals surface area contributed by atoms with Gasteiger partial charge in [-0.15, -0.1) is 0 Å². The standard InChI is InChI=1S/C24H44N2O3/c1-20(2)11-12-22(27)18-23(28)19-26-16-14-25(15-17-26)13-9-7-5-6-8-10-24(29)21(3)4/h20-21H,5-19H2,1-4H3. The lowest BCUT2D eigenvalue weighted by Gasteiger charge is -2.34. The number of hydrogen-bond donors (Lipinski definition) is 0. The maximum atomic E-state index is 12.1. The van der Waals surface area contributed by atoms with Gasteiger partial charge in [-0.2, -0.15) is 0 Å². The van der Waals surface area contributed by atoms with Gasteiger partial charge in [-0.3, -0.25) is 19.3 Å². The lowest BCUT2D eigenvalue weighted by Crippen LogP contribution is -2.48. The highest BCUT2D eigenvalue weighted by Gasteiger charge is 2.19. The van der Waals surface area contributed by atoms with Crippen molar-refractivity contribution in [2.24, 2.45) is 11.8 Å². The molecule has 0 aromatic carbocycles. The van der Waals surface area contributed by atoms with Crippen LogP contribution >= 0.6 is 0 Å². The van der Waals surface area contributed by atoms with Gasteiger partial charge in [0.05, 0.1) is 13.0 Å². The first-order chi connectivity index (χ1) is 13.8. The van der Waals surface area contributed by atoms with Crippen LogP contribution in [-0.4, -0.2) is 66.4 Å². The lowest BCUT2D eigenvalue weighted by molar-refractivity contribution is -0.128. The average molecular weight is 409 g/mol. The summed E-state index contributed by atoms with van der Waals surface area (Å²) in [4.78, 5) is 40.3. The number of unbranched alkanes of at least 4 members (excludes halogenated alkanes) is 4. The summed E-state index contributed by atoms with van der Waals surface area (Å²) in [5.41, 5.74) is 0. The molecule has 0 atom stereocenters. The fraction of sp³-hybridized carbons (Fsp3) is 0.875. The molecule has 5 heteroatoms. The summed E-state index contributed by atoms with van der Waals surface area (Å²) in [6.07, 6.45) is 8.09. The van der Waals surface area contributed by atoms with Crippen molar-refractivity contribution < 1.29 is 14.4 Å². The van der Waals surface area contributed by atoms with Gasteiger partial charge >= 0.3 is 0 Å². The molecule has 0 bridgehead atoms. The number of ketones is 3. The number of Topliss-reactive ketones (excluding diaryl/α,β-unsaturated/α-hetero) is 3. The van der Waals surface area contributed by atoms with Crippen LogP contribution in [0.15, 0.2) is 0 Å². The third-order valence-electron chi connectivity index (χ3n) is 5.80. The topological polar surface area (TPSA) is 57.7 Å². The SMILES string of the molecule is CC(C)CCC(=O)CC(=O)CN1CCN(CCCCCCCC(=O)C(C)C)CC1. The van der Waals surface area contributed by atoms with E-state index in [-0.39, 0.29) is 23.9 Å². The van der Waals surface area contributed by atoms with Crippen molar-refractivity contribution in [3.8, 4) is 0 Å². The molecule has 1 heterocycles. The minimum atomic E-state index is 0.0724. The zero-order valence-corrected chi connectivity index (χ0v) is 19.4. The van der Waals surface area contributed by atoms with Crippen LogP contribution < -0.4 is 0 Å². The monoisotopic (exact) mass is 408 g/mol. The van der Waals surface area contributed by atoms with Crippen molar-refractivity contribution in [2.45, 2.75) is 85.5 Å². The smallest absolute Gasteiger partial charge is 0.154 e. The molecule has 0 aromatic rings. The second-order valence-electron chi connectivity index (χ2n) is 9.44. The van der Waals surface area contributed by atoms with Gasteiger partial charge in [-0.25, -0.2) is 0 Å². The van der Waals surface area contributed by atoms with Crippen LogP contribution in [0, 0.1) is 11.8 Å². The van der Waals surface area contributed by atoms with E-state index in [0.29, 0.717) is 24.7 Å². The summed E-state index contributed by atoms with van der Waals surface area (Å²) in [6, 6.07) is 0. The largest absolute Gasteiger partial charge is 0.301 e. The highest BCUT2D eigenvalue weighted by atomic mass is 16.1. The Hall–Kier alpha value is -1.07. The molecule has 1 aliphatic rings. The van der Waals surface area contributed by atoms with Crippen LogP contribution in [-0.2, 0) is 14.4 Å². The number of carbonyl (C=O) groups excluding carboxylic acids is 3. The van der Waals surface area contributed by atoms with Gasteiger partial charge in [0.1, 0.15) is 11.6 Å². The van der Waals surface area contributed by atoms with E-state index in [2.05, 4.69) is 23.6 Å². The van der Waals surface area contributed by atoms with Crippen LogP contribution in [0.3, 0.4) is 0 Å². The molecule has 1 rings (SSSR count). The van der Waals surface area contributed by atoms with Crippen LogP contribution in [0.5, 0.6) is 0 Å². The predicted molar refractivity (Wildman–Crippen MR) is 119 cm³/mol. The minimum absolute atomic E-state index is 0.0724. The number of nitrogens with zero attached hydrogens (tertiary/aromatic N) is 2. The highest BCUT2D eigenvalue weighted by Crippen LogP contribution is 2.11. The second kappa shape index (κ2) is 14.8. The van der Waals surface area contributed by atoms with Crippen molar-refractivity contribution in [1.29, 1.82) is 0 Å². The zero-order valence-electron chi connectivity index (χ0n) is 19.4. The number of rotatable bonds is 16. The quantitative estimate of drug-likeness (QED) is 0.284. The molecule has 0 radical (unpaired) electrons. The maximum absolute atomic E-state index is 12.1. The zero-order chi connectivity index (χ0) is 21.6. The molecule has 0 spiro atoms. The lowest BCUT2D eigenvalue weighted by atomic mass is 10.0. The average Bonchev–Trinajstić information content (AvgIpc) is 2.66. The van der Waals surface area contributed by atoms with Crippen molar-refractivity contribution >= 4 is 17.3 Å². The molecular weight excluding hydrogens is 364 g/mol. The Balaban J connectivity index is 2.03. The van der Waals surface area contributed by atoms with Gasteiger partial charge in [-0.1, -0.05) is 47.0 Å². The summed E-state index contributed by atoms with van der Waals surface area (Å²) in [5.74, 6) is 1.24. The van der Waals surface area contributed by atoms with E-state index in [1.807, 2.05) is 13.8 Å². The summed E-state index contributed by atoms with van der Waals surface area (Å²) in [6.45, 7) is 13.6. The van der Waals surface area contributed by atoms with E-state index in [1.165, 1.54) is 19.3 Å². The van der Waals surface area contributed by atoms with Crippen molar-refractivity contribution in [3.05, 3.63) is 0 Å². The summed E-state index contributed by atoms with van der Waals surface area (Å²) in [5, 5.41) is 0. The first kappa shape index (κ1) is 26.0. The normalized spacial score (nSPS) is 15.9. The second-order valence-corrected chi connectivity index (χ2v) is 9.44. The van der Waals surface area contributed by atoms with E-state index in [9.17, 15) is 14.4 Å². The van der Waals surface area contributed by atoms with E-state index in [0.717, 1.165) is 58.4 Å². The Morgan fingerprint density at radius 1 is 0.724 bits per heavy atom. The van der Waals surface area contributed by atoms with Crippen molar-refractivity contribution in [1.82, 2.24) is 9.80 Å². The molecule has 29 heavy (non-hydrogen) atoms. The Labute approximate surface area is 178 Å². The van der Waals surface area contributed by atoms with E-state index < -0.39 is 0 Å². The highest BCUT2D eigenvalue weighted by molar-refractivity contribution is 5.99. The molecule has 0 N–H and O–H groups in total. The molecule has 0 aromatic heterocycles. The first-order valence-electron chi connectivity index (χ1n) is 11.8. The molecule has 0 aliphatic carbocycles. The Kier molecular flexibility index (Phi) is 13.3. The van der Waals surface area contributed by atoms with Crippen molar-refractivity contribution in [3.63, 3.8) is 0 Å². The van der Waals surface area contributed by atoms with Crippen LogP contribution in [0.4, 0.5) is 0 Å².